The van der Waals surface area contributed by atoms with Crippen LogP contribution >= 0.6 is 12.4 Å². The Bertz CT molecular complexity index is 14.9. The molecule has 6 heteroatoms. The molecule has 0 aliphatic rings. The Hall–Kier alpha value is 1.83. The van der Waals surface area contributed by atoms with Crippen LogP contribution in [0.3, 0.4) is 0 Å². The van der Waals surface area contributed by atoms with Crippen molar-refractivity contribution in [3.8, 4) is 0 Å². The third kappa shape index (κ3) is 40.6. The standard InChI is InChI=1S/ClH.Na.3H2O.Pd.H/h1H;;3*1H2;;/q;+1;;;;;-1. The van der Waals surface area contributed by atoms with Crippen molar-refractivity contribution >= 4 is 12.4 Å². The van der Waals surface area contributed by atoms with E-state index in [9.17, 15) is 0 Å². The Balaban J connectivity index is 0. The van der Waals surface area contributed by atoms with Crippen molar-refractivity contribution in [1.29, 1.82) is 0 Å². The number of halogens is 1. The summed E-state index contributed by atoms with van der Waals surface area (Å²) in [5, 5.41) is 0. The Morgan fingerprint density at radius 2 is 0.833 bits per heavy atom. The quantitative estimate of drug-likeness (QED) is 0.366. The molecule has 6 N–H and O–H groups in total. The van der Waals surface area contributed by atoms with Gasteiger partial charge in [-0.2, -0.15) is 0 Å². The number of hydrogen-bond acceptors (Lipinski definition) is 0. The minimum absolute atomic E-state index is 0. The predicted octanol–water partition coefficient (Wildman–Crippen LogP) is -4.94. The van der Waals surface area contributed by atoms with Crippen LogP contribution in [0.25, 0.3) is 0 Å². The second-order valence-electron chi connectivity index (χ2n) is 0. The van der Waals surface area contributed by atoms with Gasteiger partial charge in [-0.15, -0.1) is 12.4 Å². The first-order valence-electron chi connectivity index (χ1n) is 0. The van der Waals surface area contributed by atoms with E-state index in [0.717, 1.165) is 0 Å². The Labute approximate surface area is 79.6 Å². The summed E-state index contributed by atoms with van der Waals surface area (Å²) in [7, 11) is 0. The van der Waals surface area contributed by atoms with Crippen molar-refractivity contribution < 1.29 is 67.8 Å². The zero-order valence-electron chi connectivity index (χ0n) is 4.22. The summed E-state index contributed by atoms with van der Waals surface area (Å²) >= 11 is 0. The summed E-state index contributed by atoms with van der Waals surface area (Å²) in [6, 6.07) is 0. The smallest absolute Gasteiger partial charge is 1.00 e. The third-order valence-corrected chi connectivity index (χ3v) is 0. The second-order valence-corrected chi connectivity index (χ2v) is 0. The fraction of sp³-hybridized carbons (Fsp3) is 0. The van der Waals surface area contributed by atoms with Gasteiger partial charge < -0.3 is 17.9 Å². The summed E-state index contributed by atoms with van der Waals surface area (Å²) in [5.74, 6) is 0. The monoisotopic (exact) mass is 220 g/mol. The third-order valence-electron chi connectivity index (χ3n) is 0. The molecule has 0 aromatic heterocycles. The first-order chi connectivity index (χ1) is 0. The van der Waals surface area contributed by atoms with E-state index in [4.69, 9.17) is 0 Å². The van der Waals surface area contributed by atoms with Crippen molar-refractivity contribution in [2.24, 2.45) is 0 Å². The fourth-order valence-corrected chi connectivity index (χ4v) is 0. The van der Waals surface area contributed by atoms with Gasteiger partial charge in [-0.25, -0.2) is 0 Å². The van der Waals surface area contributed by atoms with Crippen LogP contribution < -0.4 is 29.6 Å². The molecule has 0 aromatic carbocycles. The number of rotatable bonds is 0. The van der Waals surface area contributed by atoms with E-state index in [1.165, 1.54) is 0 Å². The summed E-state index contributed by atoms with van der Waals surface area (Å²) < 4.78 is 0. The van der Waals surface area contributed by atoms with Crippen molar-refractivity contribution in [2.45, 2.75) is 0 Å². The van der Waals surface area contributed by atoms with Gasteiger partial charge in [-0.3, -0.25) is 0 Å². The van der Waals surface area contributed by atoms with Crippen molar-refractivity contribution in [3.05, 3.63) is 0 Å². The molecule has 0 saturated heterocycles. The predicted molar refractivity (Wildman–Crippen MR) is 19.2 cm³/mol. The van der Waals surface area contributed by atoms with E-state index in [-0.39, 0.29) is 80.2 Å². The minimum atomic E-state index is 0. The van der Waals surface area contributed by atoms with Gasteiger partial charge in [-0.05, 0) is 0 Å². The van der Waals surface area contributed by atoms with Crippen molar-refractivity contribution in [3.63, 3.8) is 0 Å². The Morgan fingerprint density at radius 3 is 0.833 bits per heavy atom. The van der Waals surface area contributed by atoms with Crippen LogP contribution in [-0.2, 0) is 20.4 Å². The molecule has 0 amide bonds. The van der Waals surface area contributed by atoms with Gasteiger partial charge in [0.25, 0.3) is 0 Å². The SMILES string of the molecule is Cl.O.O.O.[H-].[Na+].[Pd]. The summed E-state index contributed by atoms with van der Waals surface area (Å²) in [4.78, 5) is 0. The molecule has 0 atom stereocenters. The zero-order chi connectivity index (χ0) is 0. The minimum Gasteiger partial charge on any atom is -1.00 e. The average molecular weight is 221 g/mol. The molecule has 6 heavy (non-hydrogen) atoms. The molecular formula is H8ClNaO3Pd. The molecule has 0 aliphatic carbocycles. The van der Waals surface area contributed by atoms with Crippen molar-refractivity contribution in [2.75, 3.05) is 0 Å². The van der Waals surface area contributed by atoms with Gasteiger partial charge >= 0.3 is 29.6 Å². The van der Waals surface area contributed by atoms with E-state index < -0.39 is 0 Å². The molecular weight excluding hydrogens is 213 g/mol. The van der Waals surface area contributed by atoms with Gasteiger partial charge in [0.15, 0.2) is 0 Å². The van der Waals surface area contributed by atoms with E-state index in [1.807, 2.05) is 0 Å². The molecule has 0 bridgehead atoms. The van der Waals surface area contributed by atoms with Gasteiger partial charge in [0.1, 0.15) is 0 Å². The topological polar surface area (TPSA) is 94.5 Å². The maximum atomic E-state index is 0. The zero-order valence-corrected chi connectivity index (χ0v) is 7.60. The summed E-state index contributed by atoms with van der Waals surface area (Å²) in [6.45, 7) is 0. The molecule has 0 aliphatic heterocycles. The molecule has 0 spiro atoms. The maximum absolute atomic E-state index is 0. The van der Waals surface area contributed by atoms with E-state index in [0.29, 0.717) is 0 Å². The molecule has 44 valence electrons. The van der Waals surface area contributed by atoms with Crippen LogP contribution in [-0.4, -0.2) is 16.4 Å². The second kappa shape index (κ2) is 69.2. The Morgan fingerprint density at radius 1 is 0.833 bits per heavy atom. The molecule has 0 unspecified atom stereocenters. The number of hydrogen-bond donors (Lipinski definition) is 0. The summed E-state index contributed by atoms with van der Waals surface area (Å²) in [5.41, 5.74) is 0. The van der Waals surface area contributed by atoms with Gasteiger partial charge in [0.2, 0.25) is 0 Å². The molecule has 3 nitrogen and oxygen atoms in total. The maximum Gasteiger partial charge on any atom is 1.00 e. The van der Waals surface area contributed by atoms with Crippen LogP contribution in [0.5, 0.6) is 0 Å². The summed E-state index contributed by atoms with van der Waals surface area (Å²) in [6.07, 6.45) is 0. The van der Waals surface area contributed by atoms with Gasteiger partial charge in [-0.1, -0.05) is 0 Å². The van der Waals surface area contributed by atoms with Crippen LogP contribution in [0.1, 0.15) is 1.43 Å². The fourth-order valence-electron chi connectivity index (χ4n) is 0. The van der Waals surface area contributed by atoms with Crippen molar-refractivity contribution in [1.82, 2.24) is 0 Å². The molecule has 0 saturated carbocycles. The average Bonchev–Trinajstić information content (AvgIpc) is 0. The first kappa shape index (κ1) is 109. The van der Waals surface area contributed by atoms with Crippen LogP contribution in [0.15, 0.2) is 0 Å². The largest absolute Gasteiger partial charge is 1.00 e. The van der Waals surface area contributed by atoms with Gasteiger partial charge in [0.05, 0.1) is 0 Å². The van der Waals surface area contributed by atoms with E-state index >= 15 is 0 Å². The first-order valence-corrected chi connectivity index (χ1v) is 0. The molecule has 0 rings (SSSR count). The van der Waals surface area contributed by atoms with Crippen LogP contribution in [0, 0.1) is 0 Å². The van der Waals surface area contributed by atoms with E-state index in [1.54, 1.807) is 0 Å². The normalized spacial score (nSPS) is 0. The molecule has 0 aromatic rings. The van der Waals surface area contributed by atoms with Crippen LogP contribution in [0.4, 0.5) is 0 Å². The van der Waals surface area contributed by atoms with Gasteiger partial charge in [0, 0.05) is 20.4 Å². The van der Waals surface area contributed by atoms with E-state index in [2.05, 4.69) is 0 Å². The molecule has 0 radical (unpaired) electrons. The molecule has 0 heterocycles. The van der Waals surface area contributed by atoms with Crippen LogP contribution in [0.2, 0.25) is 0 Å². The molecule has 0 fully saturated rings. The Kier molecular flexibility index (Phi) is 1260.